The number of rotatable bonds is 15. The number of benzene rings is 2. The molecule has 0 fully saturated rings. The molecule has 2 atom stereocenters. The van der Waals surface area contributed by atoms with E-state index in [-0.39, 0.29) is 32.3 Å². The lowest BCUT2D eigenvalue weighted by atomic mass is 9.89. The van der Waals surface area contributed by atoms with Crippen molar-refractivity contribution >= 4 is 11.9 Å². The van der Waals surface area contributed by atoms with E-state index in [2.05, 4.69) is 20.1 Å². The van der Waals surface area contributed by atoms with Crippen molar-refractivity contribution in [2.75, 3.05) is 26.4 Å². The Morgan fingerprint density at radius 3 is 1.43 bits per heavy atom. The molecule has 2 aromatic carbocycles. The van der Waals surface area contributed by atoms with Crippen molar-refractivity contribution in [3.8, 4) is 11.5 Å². The highest BCUT2D eigenvalue weighted by atomic mass is 16.6. The largest absolute Gasteiger partial charge is 0.491 e. The van der Waals surface area contributed by atoms with Crippen molar-refractivity contribution in [2.24, 2.45) is 0 Å². The summed E-state index contributed by atoms with van der Waals surface area (Å²) in [5.74, 6) is 0.161. The van der Waals surface area contributed by atoms with E-state index in [0.717, 1.165) is 29.7 Å². The quantitative estimate of drug-likeness (QED) is 0.293. The first-order valence-corrected chi connectivity index (χ1v) is 11.3. The molecule has 0 aliphatic rings. The number of esters is 2. The first-order valence-electron chi connectivity index (χ1n) is 11.3. The number of hydrogen-bond donors (Lipinski definition) is 2. The highest BCUT2D eigenvalue weighted by molar-refractivity contribution is 5.81. The fraction of sp³-hybridized carbons (Fsp3) is 0.333. The Morgan fingerprint density at radius 1 is 0.743 bits per heavy atom. The van der Waals surface area contributed by atoms with Gasteiger partial charge in [-0.15, -0.1) is 0 Å². The van der Waals surface area contributed by atoms with Gasteiger partial charge in [0, 0.05) is 18.1 Å². The SMILES string of the molecule is C=CC(=O)OCC(O)COc1ccc(C(CC)c2ccc(OCC(O)COC(=O)C=C)cc2)cc1. The van der Waals surface area contributed by atoms with Gasteiger partial charge in [-0.1, -0.05) is 44.3 Å². The highest BCUT2D eigenvalue weighted by Crippen LogP contribution is 2.30. The Kier molecular flexibility index (Phi) is 11.5. The molecule has 0 aliphatic heterocycles. The normalized spacial score (nSPS) is 13.1. The topological polar surface area (TPSA) is 112 Å². The van der Waals surface area contributed by atoms with E-state index < -0.39 is 24.1 Å². The van der Waals surface area contributed by atoms with E-state index in [1.54, 1.807) is 0 Å². The highest BCUT2D eigenvalue weighted by Gasteiger charge is 2.14. The van der Waals surface area contributed by atoms with E-state index in [4.69, 9.17) is 18.9 Å². The van der Waals surface area contributed by atoms with Crippen molar-refractivity contribution in [1.82, 2.24) is 0 Å². The van der Waals surface area contributed by atoms with Gasteiger partial charge in [-0.25, -0.2) is 9.59 Å². The van der Waals surface area contributed by atoms with Crippen LogP contribution in [0.25, 0.3) is 0 Å². The van der Waals surface area contributed by atoms with Crippen molar-refractivity contribution in [3.63, 3.8) is 0 Å². The molecule has 0 saturated carbocycles. The van der Waals surface area contributed by atoms with Crippen molar-refractivity contribution in [2.45, 2.75) is 31.5 Å². The molecule has 0 amide bonds. The molecular weight excluding hydrogens is 452 g/mol. The average Bonchev–Trinajstić information content (AvgIpc) is 2.89. The van der Waals surface area contributed by atoms with Gasteiger partial charge in [0.1, 0.15) is 50.1 Å². The van der Waals surface area contributed by atoms with Crippen LogP contribution < -0.4 is 9.47 Å². The standard InChI is InChI=1S/C27H32O8/c1-4-25(19-7-11-23(12-8-19)32-15-21(28)17-34-26(30)5-2)20-9-13-24(14-10-20)33-16-22(29)18-35-27(31)6-3/h5-14,21-22,25,28-29H,2-4,15-18H2,1H3. The lowest BCUT2D eigenvalue weighted by Crippen LogP contribution is -2.24. The maximum absolute atomic E-state index is 11.0. The second-order valence-corrected chi connectivity index (χ2v) is 7.70. The van der Waals surface area contributed by atoms with Gasteiger partial charge < -0.3 is 29.2 Å². The summed E-state index contributed by atoms with van der Waals surface area (Å²) in [7, 11) is 0. The summed E-state index contributed by atoms with van der Waals surface area (Å²) in [5, 5.41) is 19.7. The van der Waals surface area contributed by atoms with Crippen LogP contribution in [-0.4, -0.2) is 60.8 Å². The summed E-state index contributed by atoms with van der Waals surface area (Å²) in [6, 6.07) is 15.2. The summed E-state index contributed by atoms with van der Waals surface area (Å²) in [6.45, 7) is 8.35. The third kappa shape index (κ3) is 9.64. The minimum Gasteiger partial charge on any atom is -0.491 e. The first-order chi connectivity index (χ1) is 16.9. The molecule has 0 spiro atoms. The molecule has 2 aromatic rings. The number of aliphatic hydroxyl groups excluding tert-OH is 2. The predicted octanol–water partition coefficient (Wildman–Crippen LogP) is 3.17. The van der Waals surface area contributed by atoms with Crippen LogP contribution in [0.2, 0.25) is 0 Å². The molecule has 2 rings (SSSR count). The zero-order valence-electron chi connectivity index (χ0n) is 19.8. The first kappa shape index (κ1) is 27.6. The van der Waals surface area contributed by atoms with E-state index >= 15 is 0 Å². The maximum Gasteiger partial charge on any atom is 0.330 e. The Bertz CT molecular complexity index is 875. The second kappa shape index (κ2) is 14.6. The van der Waals surface area contributed by atoms with Gasteiger partial charge in [0.2, 0.25) is 0 Å². The fourth-order valence-corrected chi connectivity index (χ4v) is 3.21. The zero-order chi connectivity index (χ0) is 25.6. The van der Waals surface area contributed by atoms with E-state index in [0.29, 0.717) is 11.5 Å². The van der Waals surface area contributed by atoms with E-state index in [1.165, 1.54) is 0 Å². The van der Waals surface area contributed by atoms with Crippen LogP contribution in [0.5, 0.6) is 11.5 Å². The smallest absolute Gasteiger partial charge is 0.330 e. The van der Waals surface area contributed by atoms with Gasteiger partial charge in [-0.05, 0) is 41.8 Å². The lowest BCUT2D eigenvalue weighted by Gasteiger charge is -2.18. The molecule has 0 radical (unpaired) electrons. The summed E-state index contributed by atoms with van der Waals surface area (Å²) >= 11 is 0. The molecule has 0 aromatic heterocycles. The van der Waals surface area contributed by atoms with E-state index in [9.17, 15) is 19.8 Å². The molecule has 35 heavy (non-hydrogen) atoms. The summed E-state index contributed by atoms with van der Waals surface area (Å²) in [4.78, 5) is 22.1. The Balaban J connectivity index is 1.88. The molecule has 0 saturated heterocycles. The maximum atomic E-state index is 11.0. The predicted molar refractivity (Wildman–Crippen MR) is 130 cm³/mol. The van der Waals surface area contributed by atoms with Gasteiger partial charge in [0.05, 0.1) is 0 Å². The Labute approximate surface area is 205 Å². The minimum absolute atomic E-state index is 0.00613. The van der Waals surface area contributed by atoms with Crippen LogP contribution in [0.4, 0.5) is 0 Å². The molecule has 0 aliphatic carbocycles. The molecule has 188 valence electrons. The second-order valence-electron chi connectivity index (χ2n) is 7.70. The van der Waals surface area contributed by atoms with Crippen LogP contribution >= 0.6 is 0 Å². The Hall–Kier alpha value is -3.62. The molecule has 8 nitrogen and oxygen atoms in total. The number of carbonyl (C=O) groups is 2. The number of hydrogen-bond acceptors (Lipinski definition) is 8. The number of ether oxygens (including phenoxy) is 4. The van der Waals surface area contributed by atoms with E-state index in [1.807, 2.05) is 48.5 Å². The van der Waals surface area contributed by atoms with Crippen LogP contribution in [0, 0.1) is 0 Å². The van der Waals surface area contributed by atoms with Crippen LogP contribution in [0.15, 0.2) is 73.8 Å². The van der Waals surface area contributed by atoms with Crippen molar-refractivity contribution in [3.05, 3.63) is 85.0 Å². The van der Waals surface area contributed by atoms with Crippen LogP contribution in [0.1, 0.15) is 30.4 Å². The van der Waals surface area contributed by atoms with Gasteiger partial charge >= 0.3 is 11.9 Å². The Morgan fingerprint density at radius 2 is 1.11 bits per heavy atom. The fourth-order valence-electron chi connectivity index (χ4n) is 3.21. The van der Waals surface area contributed by atoms with Crippen LogP contribution in [-0.2, 0) is 19.1 Å². The molecule has 0 bridgehead atoms. The third-order valence-electron chi connectivity index (χ3n) is 5.03. The molecule has 0 heterocycles. The molecule has 2 unspecified atom stereocenters. The number of aliphatic hydroxyl groups is 2. The lowest BCUT2D eigenvalue weighted by molar-refractivity contribution is -0.142. The van der Waals surface area contributed by atoms with Crippen molar-refractivity contribution < 1.29 is 38.7 Å². The zero-order valence-corrected chi connectivity index (χ0v) is 19.8. The van der Waals surface area contributed by atoms with Crippen LogP contribution in [0.3, 0.4) is 0 Å². The third-order valence-corrected chi connectivity index (χ3v) is 5.03. The van der Waals surface area contributed by atoms with Crippen molar-refractivity contribution in [1.29, 1.82) is 0 Å². The number of carbonyl (C=O) groups excluding carboxylic acids is 2. The molecular formula is C27H32O8. The monoisotopic (exact) mass is 484 g/mol. The summed E-state index contributed by atoms with van der Waals surface area (Å²) < 4.78 is 20.7. The molecule has 2 N–H and O–H groups in total. The van der Waals surface area contributed by atoms with Gasteiger partial charge in [-0.3, -0.25) is 0 Å². The van der Waals surface area contributed by atoms with Gasteiger partial charge in [0.15, 0.2) is 0 Å². The average molecular weight is 485 g/mol. The van der Waals surface area contributed by atoms with Gasteiger partial charge in [0.25, 0.3) is 0 Å². The summed E-state index contributed by atoms with van der Waals surface area (Å²) in [6.07, 6.45) is 1.07. The van der Waals surface area contributed by atoms with Gasteiger partial charge in [-0.2, -0.15) is 0 Å². The summed E-state index contributed by atoms with van der Waals surface area (Å²) in [5.41, 5.74) is 2.21. The minimum atomic E-state index is -0.939. The molecule has 8 heteroatoms.